The third kappa shape index (κ3) is 4.57. The van der Waals surface area contributed by atoms with E-state index in [2.05, 4.69) is 15.9 Å². The topological polar surface area (TPSA) is 85.3 Å². The molecule has 112 valence electrons. The number of benzene rings is 1. The minimum absolute atomic E-state index is 0.417. The summed E-state index contributed by atoms with van der Waals surface area (Å²) in [6, 6.07) is 7.52. The normalized spacial score (nSPS) is 9.71. The number of carbonyl (C=O) groups is 1. The number of aromatic nitrogens is 1. The van der Waals surface area contributed by atoms with Crippen molar-refractivity contribution in [3.05, 3.63) is 61.7 Å². The molecule has 0 radical (unpaired) electrons. The molecule has 5 nitrogen and oxygen atoms in total. The van der Waals surface area contributed by atoms with E-state index in [1.165, 1.54) is 7.05 Å². The number of nitrogens with two attached hydrogens (primary N) is 1. The molecule has 0 atom stereocenters. The van der Waals surface area contributed by atoms with Crippen molar-refractivity contribution in [3.8, 4) is 0 Å². The van der Waals surface area contributed by atoms with Crippen LogP contribution in [0.2, 0.25) is 5.02 Å². The van der Waals surface area contributed by atoms with Crippen LogP contribution in [0.5, 0.6) is 0 Å². The third-order valence-corrected chi connectivity index (χ3v) is 3.10. The number of carboxylic acids is 1. The lowest BCUT2D eigenvalue weighted by Crippen LogP contribution is -2.24. The minimum atomic E-state index is -1.37. The molecule has 3 N–H and O–H groups in total. The molecule has 21 heavy (non-hydrogen) atoms. The van der Waals surface area contributed by atoms with Gasteiger partial charge in [0.15, 0.2) is 0 Å². The van der Waals surface area contributed by atoms with Crippen LogP contribution in [0.1, 0.15) is 10.4 Å². The van der Waals surface area contributed by atoms with Gasteiger partial charge in [0.2, 0.25) is 5.82 Å². The molecular formula is C13H11BrClFN2O3. The van der Waals surface area contributed by atoms with Crippen LogP contribution in [0.4, 0.5) is 10.1 Å². The molecule has 0 fully saturated rings. The summed E-state index contributed by atoms with van der Waals surface area (Å²) in [7, 11) is 1.25. The van der Waals surface area contributed by atoms with E-state index in [9.17, 15) is 14.0 Å². The van der Waals surface area contributed by atoms with Gasteiger partial charge in [-0.05, 0) is 18.2 Å². The van der Waals surface area contributed by atoms with Crippen molar-refractivity contribution in [3.63, 3.8) is 0 Å². The number of pyridine rings is 1. The van der Waals surface area contributed by atoms with Crippen molar-refractivity contribution in [2.45, 2.75) is 0 Å². The molecule has 0 aliphatic heterocycles. The Bertz CT molecular complexity index is 717. The molecule has 1 aromatic heterocycles. The SMILES string of the molecule is Clc1cccc(Br)c1.Cn1cc(C(=O)O)c(N)c(F)c1=O. The predicted octanol–water partition coefficient (Wildman–Crippen LogP) is 2.91. The summed E-state index contributed by atoms with van der Waals surface area (Å²) < 4.78 is 14.7. The highest BCUT2D eigenvalue weighted by molar-refractivity contribution is 9.10. The fourth-order valence-corrected chi connectivity index (χ4v) is 2.06. The molecular weight excluding hydrogens is 367 g/mol. The number of aromatic carboxylic acids is 1. The van der Waals surface area contributed by atoms with Crippen LogP contribution in [0.15, 0.2) is 39.7 Å². The van der Waals surface area contributed by atoms with Crippen molar-refractivity contribution in [2.75, 3.05) is 5.73 Å². The zero-order valence-corrected chi connectivity index (χ0v) is 13.2. The number of halogens is 3. The zero-order chi connectivity index (χ0) is 16.2. The maximum Gasteiger partial charge on any atom is 0.339 e. The fourth-order valence-electron chi connectivity index (χ4n) is 1.34. The Morgan fingerprint density at radius 3 is 2.52 bits per heavy atom. The van der Waals surface area contributed by atoms with E-state index < -0.39 is 28.6 Å². The smallest absolute Gasteiger partial charge is 0.339 e. The number of aryl methyl sites for hydroxylation is 1. The van der Waals surface area contributed by atoms with E-state index in [0.717, 1.165) is 20.3 Å². The summed E-state index contributed by atoms with van der Waals surface area (Å²) in [5.41, 5.74) is 3.10. The van der Waals surface area contributed by atoms with E-state index in [4.69, 9.17) is 22.4 Å². The number of nitrogen functional groups attached to an aromatic ring is 1. The molecule has 2 rings (SSSR count). The van der Waals surface area contributed by atoms with Gasteiger partial charge in [0, 0.05) is 22.7 Å². The quantitative estimate of drug-likeness (QED) is 0.800. The van der Waals surface area contributed by atoms with Crippen LogP contribution in [0, 0.1) is 5.82 Å². The molecule has 0 unspecified atom stereocenters. The number of carboxylic acid groups (broad SMARTS) is 1. The Balaban J connectivity index is 0.000000235. The number of rotatable bonds is 1. The van der Waals surface area contributed by atoms with Crippen LogP contribution in [-0.4, -0.2) is 15.6 Å². The van der Waals surface area contributed by atoms with Crippen LogP contribution < -0.4 is 11.3 Å². The number of hydrogen-bond acceptors (Lipinski definition) is 3. The molecule has 0 aliphatic rings. The lowest BCUT2D eigenvalue weighted by atomic mass is 10.2. The Kier molecular flexibility index (Phi) is 5.92. The third-order valence-electron chi connectivity index (χ3n) is 2.37. The van der Waals surface area contributed by atoms with E-state index in [1.54, 1.807) is 0 Å². The Labute approximate surface area is 132 Å². The van der Waals surface area contributed by atoms with Gasteiger partial charge in [0.05, 0.1) is 5.69 Å². The number of hydrogen-bond donors (Lipinski definition) is 2. The average Bonchev–Trinajstić information content (AvgIpc) is 2.40. The average molecular weight is 378 g/mol. The fraction of sp³-hybridized carbons (Fsp3) is 0.0769. The highest BCUT2D eigenvalue weighted by Gasteiger charge is 2.15. The van der Waals surface area contributed by atoms with Crippen LogP contribution in [-0.2, 0) is 7.05 Å². The summed E-state index contributed by atoms with van der Waals surface area (Å²) in [4.78, 5) is 21.4. The van der Waals surface area contributed by atoms with E-state index in [1.807, 2.05) is 24.3 Å². The van der Waals surface area contributed by atoms with E-state index in [-0.39, 0.29) is 0 Å². The number of nitrogens with zero attached hydrogens (tertiary/aromatic N) is 1. The van der Waals surface area contributed by atoms with Gasteiger partial charge in [-0.2, -0.15) is 4.39 Å². The first kappa shape index (κ1) is 17.2. The van der Waals surface area contributed by atoms with Crippen molar-refractivity contribution in [1.29, 1.82) is 0 Å². The highest BCUT2D eigenvalue weighted by Crippen LogP contribution is 2.14. The molecule has 0 saturated carbocycles. The van der Waals surface area contributed by atoms with Crippen LogP contribution >= 0.6 is 27.5 Å². The van der Waals surface area contributed by atoms with Gasteiger partial charge in [-0.1, -0.05) is 33.6 Å². The molecule has 0 bridgehead atoms. The molecule has 0 saturated heterocycles. The van der Waals surface area contributed by atoms with E-state index >= 15 is 0 Å². The van der Waals surface area contributed by atoms with Gasteiger partial charge >= 0.3 is 5.97 Å². The Morgan fingerprint density at radius 2 is 2.10 bits per heavy atom. The highest BCUT2D eigenvalue weighted by atomic mass is 79.9. The summed E-state index contributed by atoms with van der Waals surface area (Å²) in [6.07, 6.45) is 0.975. The van der Waals surface area contributed by atoms with Crippen molar-refractivity contribution >= 4 is 39.2 Å². The van der Waals surface area contributed by atoms with Gasteiger partial charge in [0.1, 0.15) is 5.56 Å². The van der Waals surface area contributed by atoms with Gasteiger partial charge in [-0.25, -0.2) is 4.79 Å². The first-order chi connectivity index (χ1) is 9.73. The first-order valence-corrected chi connectivity index (χ1v) is 6.70. The second kappa shape index (κ2) is 7.24. The van der Waals surface area contributed by atoms with Gasteiger partial charge in [-0.3, -0.25) is 4.79 Å². The lowest BCUT2D eigenvalue weighted by molar-refractivity contribution is 0.0696. The zero-order valence-electron chi connectivity index (χ0n) is 10.8. The molecule has 8 heteroatoms. The monoisotopic (exact) mass is 376 g/mol. The first-order valence-electron chi connectivity index (χ1n) is 5.53. The molecule has 0 spiro atoms. The summed E-state index contributed by atoms with van der Waals surface area (Å²) >= 11 is 8.89. The van der Waals surface area contributed by atoms with Crippen molar-refractivity contribution in [2.24, 2.45) is 7.05 Å². The molecule has 1 heterocycles. The summed E-state index contributed by atoms with van der Waals surface area (Å²) in [6.45, 7) is 0. The van der Waals surface area contributed by atoms with Gasteiger partial charge < -0.3 is 15.4 Å². The number of anilines is 1. The largest absolute Gasteiger partial charge is 0.478 e. The van der Waals surface area contributed by atoms with Crippen molar-refractivity contribution < 1.29 is 14.3 Å². The maximum atomic E-state index is 12.9. The lowest BCUT2D eigenvalue weighted by Gasteiger charge is -2.04. The maximum absolute atomic E-state index is 12.9. The van der Waals surface area contributed by atoms with Gasteiger partial charge in [-0.15, -0.1) is 0 Å². The van der Waals surface area contributed by atoms with E-state index in [0.29, 0.717) is 0 Å². The molecule has 2 aromatic rings. The molecule has 1 aromatic carbocycles. The van der Waals surface area contributed by atoms with Crippen LogP contribution in [0.3, 0.4) is 0 Å². The van der Waals surface area contributed by atoms with Crippen LogP contribution in [0.25, 0.3) is 0 Å². The summed E-state index contributed by atoms with van der Waals surface area (Å²) in [5, 5.41) is 9.31. The standard InChI is InChI=1S/C7H7FN2O3.C6H4BrCl/c1-10-2-3(7(12)13)5(9)4(8)6(10)11;7-5-2-1-3-6(8)4-5/h2H,9H2,1H3,(H,12,13);1-4H. The predicted molar refractivity (Wildman–Crippen MR) is 82.2 cm³/mol. The Hall–Kier alpha value is -1.86. The Morgan fingerprint density at radius 1 is 1.48 bits per heavy atom. The van der Waals surface area contributed by atoms with Crippen molar-refractivity contribution in [1.82, 2.24) is 4.57 Å². The second-order valence-electron chi connectivity index (χ2n) is 3.93. The summed E-state index contributed by atoms with van der Waals surface area (Å²) in [5.74, 6) is -2.60. The second-order valence-corrected chi connectivity index (χ2v) is 5.28. The molecule has 0 aliphatic carbocycles. The van der Waals surface area contributed by atoms with Gasteiger partial charge in [0.25, 0.3) is 5.56 Å². The minimum Gasteiger partial charge on any atom is -0.478 e. The molecule has 0 amide bonds.